The molecule has 0 fully saturated rings. The van der Waals surface area contributed by atoms with E-state index in [1.54, 1.807) is 35.6 Å². The van der Waals surface area contributed by atoms with Crippen LogP contribution in [0.4, 0.5) is 4.39 Å². The summed E-state index contributed by atoms with van der Waals surface area (Å²) in [4.78, 5) is 36.8. The molecule has 12 heteroatoms. The highest BCUT2D eigenvalue weighted by Crippen LogP contribution is 2.31. The standard InChI is InChI=1S/C26H23FN6O4S/c1-33-15-29-26(32-33)37-10-4-9-36-19-8-2-5-16(11-19)13-28-24(35)22-30-23(34)21-20(14-38-25(21)31-22)17-6-3-7-18(27)12-17/h2-3,5-8,11-12,14-15H,4,9-10,13H2,1H3,(H,28,35)(H,30,31,34). The van der Waals surface area contributed by atoms with Crippen LogP contribution in [-0.4, -0.2) is 43.9 Å². The minimum atomic E-state index is -0.517. The van der Waals surface area contributed by atoms with Crippen molar-refractivity contribution in [3.05, 3.63) is 87.8 Å². The molecule has 0 aliphatic heterocycles. The predicted molar refractivity (Wildman–Crippen MR) is 140 cm³/mol. The van der Waals surface area contributed by atoms with Gasteiger partial charge in [0.25, 0.3) is 11.5 Å². The van der Waals surface area contributed by atoms with E-state index in [1.165, 1.54) is 23.5 Å². The van der Waals surface area contributed by atoms with Crippen molar-refractivity contribution < 1.29 is 18.7 Å². The molecule has 0 radical (unpaired) electrons. The number of halogens is 1. The number of nitrogens with zero attached hydrogens (tertiary/aromatic N) is 4. The molecule has 2 N–H and O–H groups in total. The molecule has 0 bridgehead atoms. The number of hydrogen-bond acceptors (Lipinski definition) is 8. The summed E-state index contributed by atoms with van der Waals surface area (Å²) in [5.41, 5.74) is 1.50. The molecule has 194 valence electrons. The van der Waals surface area contributed by atoms with Crippen LogP contribution in [0.25, 0.3) is 21.3 Å². The zero-order valence-electron chi connectivity index (χ0n) is 20.3. The number of nitrogens with one attached hydrogen (secondary N) is 2. The highest BCUT2D eigenvalue weighted by Gasteiger charge is 2.16. The number of amides is 1. The molecule has 5 rings (SSSR count). The Morgan fingerprint density at radius 1 is 1.16 bits per heavy atom. The molecule has 5 aromatic rings. The van der Waals surface area contributed by atoms with E-state index in [4.69, 9.17) is 9.47 Å². The van der Waals surface area contributed by atoms with Gasteiger partial charge in [0.15, 0.2) is 0 Å². The van der Waals surface area contributed by atoms with Crippen molar-refractivity contribution in [1.29, 1.82) is 0 Å². The number of thiophene rings is 1. The number of aromatic amines is 1. The summed E-state index contributed by atoms with van der Waals surface area (Å²) in [6, 6.07) is 13.6. The van der Waals surface area contributed by atoms with Gasteiger partial charge in [0, 0.05) is 31.0 Å². The van der Waals surface area contributed by atoms with E-state index >= 15 is 0 Å². The first-order chi connectivity index (χ1) is 18.5. The Balaban J connectivity index is 1.17. The average molecular weight is 535 g/mol. The molecular weight excluding hydrogens is 511 g/mol. The molecule has 0 saturated heterocycles. The number of fused-ring (bicyclic) bond motifs is 1. The fraction of sp³-hybridized carbons (Fsp3) is 0.192. The van der Waals surface area contributed by atoms with Gasteiger partial charge in [-0.15, -0.1) is 16.4 Å². The molecule has 1 amide bonds. The predicted octanol–water partition coefficient (Wildman–Crippen LogP) is 3.70. The second-order valence-electron chi connectivity index (χ2n) is 8.34. The van der Waals surface area contributed by atoms with E-state index < -0.39 is 17.3 Å². The topological polar surface area (TPSA) is 124 Å². The maximum Gasteiger partial charge on any atom is 0.335 e. The van der Waals surface area contributed by atoms with Crippen molar-refractivity contribution in [2.24, 2.45) is 7.05 Å². The van der Waals surface area contributed by atoms with Gasteiger partial charge in [0.05, 0.1) is 18.6 Å². The van der Waals surface area contributed by atoms with Gasteiger partial charge in [-0.2, -0.15) is 4.98 Å². The Hall–Kier alpha value is -4.58. The van der Waals surface area contributed by atoms with Gasteiger partial charge in [-0.25, -0.2) is 9.37 Å². The largest absolute Gasteiger partial charge is 0.493 e. The van der Waals surface area contributed by atoms with Crippen molar-refractivity contribution in [2.75, 3.05) is 13.2 Å². The maximum absolute atomic E-state index is 13.7. The van der Waals surface area contributed by atoms with Crippen molar-refractivity contribution in [2.45, 2.75) is 13.0 Å². The molecule has 0 spiro atoms. The third kappa shape index (κ3) is 5.86. The van der Waals surface area contributed by atoms with Crippen molar-refractivity contribution >= 4 is 27.5 Å². The number of carbonyl (C=O) groups excluding carboxylic acids is 1. The first-order valence-electron chi connectivity index (χ1n) is 11.7. The molecule has 3 aromatic heterocycles. The van der Waals surface area contributed by atoms with Crippen LogP contribution in [0.15, 0.2) is 65.0 Å². The second-order valence-corrected chi connectivity index (χ2v) is 9.19. The highest BCUT2D eigenvalue weighted by atomic mass is 32.1. The minimum absolute atomic E-state index is 0.0926. The lowest BCUT2D eigenvalue weighted by atomic mass is 10.1. The number of hydrogen-bond donors (Lipinski definition) is 2. The van der Waals surface area contributed by atoms with Crippen molar-refractivity contribution in [3.63, 3.8) is 0 Å². The van der Waals surface area contributed by atoms with Crippen LogP contribution in [0.2, 0.25) is 0 Å². The van der Waals surface area contributed by atoms with Crippen LogP contribution in [0, 0.1) is 5.82 Å². The molecule has 2 aromatic carbocycles. The fourth-order valence-corrected chi connectivity index (χ4v) is 4.68. The normalized spacial score (nSPS) is 11.0. The van der Waals surface area contributed by atoms with Crippen LogP contribution in [0.1, 0.15) is 22.6 Å². The van der Waals surface area contributed by atoms with Crippen molar-refractivity contribution in [1.82, 2.24) is 30.0 Å². The quantitative estimate of drug-likeness (QED) is 0.262. The van der Waals surface area contributed by atoms with Gasteiger partial charge in [-0.3, -0.25) is 14.3 Å². The van der Waals surface area contributed by atoms with E-state index in [0.717, 1.165) is 5.56 Å². The SMILES string of the molecule is Cn1cnc(OCCCOc2cccc(CNC(=O)c3nc4scc(-c5cccc(F)c5)c4c(=O)[nH]3)c2)n1. The first-order valence-corrected chi connectivity index (χ1v) is 12.6. The van der Waals surface area contributed by atoms with E-state index in [0.29, 0.717) is 52.7 Å². The van der Waals surface area contributed by atoms with Crippen molar-refractivity contribution in [3.8, 4) is 22.9 Å². The summed E-state index contributed by atoms with van der Waals surface area (Å²) < 4.78 is 26.4. The molecule has 0 unspecified atom stereocenters. The molecule has 0 saturated carbocycles. The van der Waals surface area contributed by atoms with Gasteiger partial charge < -0.3 is 19.8 Å². The number of aryl methyl sites for hydroxylation is 1. The van der Waals surface area contributed by atoms with Gasteiger partial charge in [0.2, 0.25) is 5.82 Å². The van der Waals surface area contributed by atoms with E-state index in [2.05, 4.69) is 25.4 Å². The Bertz CT molecular complexity index is 1650. The smallest absolute Gasteiger partial charge is 0.335 e. The average Bonchev–Trinajstić information content (AvgIpc) is 3.53. The number of ether oxygens (including phenoxy) is 2. The summed E-state index contributed by atoms with van der Waals surface area (Å²) in [6.45, 7) is 1.07. The molecule has 10 nitrogen and oxygen atoms in total. The Morgan fingerprint density at radius 3 is 2.82 bits per heavy atom. The van der Waals surface area contributed by atoms with Crippen LogP contribution in [0.5, 0.6) is 11.8 Å². The molecule has 0 atom stereocenters. The van der Waals surface area contributed by atoms with E-state index in [-0.39, 0.29) is 12.4 Å². The zero-order chi connectivity index (χ0) is 26.5. The van der Waals surface area contributed by atoms with E-state index in [9.17, 15) is 14.0 Å². The molecule has 3 heterocycles. The lowest BCUT2D eigenvalue weighted by Crippen LogP contribution is -2.27. The number of rotatable bonds is 10. The summed E-state index contributed by atoms with van der Waals surface area (Å²) in [5, 5.41) is 8.87. The zero-order valence-corrected chi connectivity index (χ0v) is 21.1. The van der Waals surface area contributed by atoms with Crippen LogP contribution < -0.4 is 20.3 Å². The van der Waals surface area contributed by atoms with Gasteiger partial charge in [-0.05, 0) is 35.4 Å². The molecule has 38 heavy (non-hydrogen) atoms. The number of carbonyl (C=O) groups is 1. The first kappa shape index (κ1) is 25.1. The monoisotopic (exact) mass is 534 g/mol. The highest BCUT2D eigenvalue weighted by molar-refractivity contribution is 7.17. The Labute approximate surface area is 220 Å². The summed E-state index contributed by atoms with van der Waals surface area (Å²) >= 11 is 1.22. The minimum Gasteiger partial charge on any atom is -0.493 e. The Morgan fingerprint density at radius 2 is 2.00 bits per heavy atom. The van der Waals surface area contributed by atoms with E-state index in [1.807, 2.05) is 24.3 Å². The summed E-state index contributed by atoms with van der Waals surface area (Å²) in [5.74, 6) is -0.353. The lowest BCUT2D eigenvalue weighted by Gasteiger charge is -2.09. The van der Waals surface area contributed by atoms with Crippen LogP contribution in [-0.2, 0) is 13.6 Å². The molecule has 0 aliphatic rings. The number of H-pyrrole nitrogens is 1. The fourth-order valence-electron chi connectivity index (χ4n) is 3.73. The summed E-state index contributed by atoms with van der Waals surface area (Å²) in [7, 11) is 1.77. The number of benzene rings is 2. The third-order valence-electron chi connectivity index (χ3n) is 5.51. The van der Waals surface area contributed by atoms with Crippen LogP contribution >= 0.6 is 11.3 Å². The van der Waals surface area contributed by atoms with Gasteiger partial charge in [-0.1, -0.05) is 24.3 Å². The molecule has 0 aliphatic carbocycles. The second kappa shape index (κ2) is 11.2. The lowest BCUT2D eigenvalue weighted by molar-refractivity contribution is 0.0940. The van der Waals surface area contributed by atoms with Gasteiger partial charge in [0.1, 0.15) is 22.7 Å². The number of aromatic nitrogens is 5. The Kier molecular flexibility index (Phi) is 7.40. The summed E-state index contributed by atoms with van der Waals surface area (Å²) in [6.07, 6.45) is 2.21. The van der Waals surface area contributed by atoms with Gasteiger partial charge >= 0.3 is 6.01 Å². The third-order valence-corrected chi connectivity index (χ3v) is 6.39. The van der Waals surface area contributed by atoms with Crippen LogP contribution in [0.3, 0.4) is 0 Å². The maximum atomic E-state index is 13.7. The molecular formula is C26H23FN6O4S.